The fourth-order valence-corrected chi connectivity index (χ4v) is 2.33. The van der Waals surface area contributed by atoms with Gasteiger partial charge in [-0.25, -0.2) is 4.79 Å². The molecule has 1 aliphatic rings. The zero-order valence-corrected chi connectivity index (χ0v) is 13.4. The summed E-state index contributed by atoms with van der Waals surface area (Å²) in [6.07, 6.45) is 3.17. The first-order valence-corrected chi connectivity index (χ1v) is 7.75. The molecular weight excluding hydrogens is 296 g/mol. The van der Waals surface area contributed by atoms with Crippen LogP contribution in [0.15, 0.2) is 28.7 Å². The maximum absolute atomic E-state index is 11.4. The minimum absolute atomic E-state index is 0.167. The summed E-state index contributed by atoms with van der Waals surface area (Å²) in [5, 5.41) is 6.95. The first kappa shape index (κ1) is 17.0. The van der Waals surface area contributed by atoms with Crippen LogP contribution in [0.25, 0.3) is 11.0 Å². The maximum atomic E-state index is 11.4. The van der Waals surface area contributed by atoms with Gasteiger partial charge in [-0.1, -0.05) is 0 Å². The third-order valence-corrected chi connectivity index (χ3v) is 3.54. The van der Waals surface area contributed by atoms with E-state index in [1.54, 1.807) is 13.0 Å². The summed E-state index contributed by atoms with van der Waals surface area (Å²) in [4.78, 5) is 21.4. The van der Waals surface area contributed by atoms with Crippen molar-refractivity contribution >= 4 is 28.9 Å². The molecule has 1 aromatic carbocycles. The number of aldehydes is 1. The number of fused-ring (bicyclic) bond motifs is 1. The second kappa shape index (κ2) is 8.33. The van der Waals surface area contributed by atoms with Crippen LogP contribution in [0, 0.1) is 0 Å². The largest absolute Gasteiger partial charge is 0.460 e. The number of hydrogen-bond donors (Lipinski definition) is 2. The molecule has 0 radical (unpaired) electrons. The first-order valence-electron chi connectivity index (χ1n) is 7.75. The van der Waals surface area contributed by atoms with E-state index in [-0.39, 0.29) is 11.8 Å². The molecule has 3 rings (SSSR count). The molecule has 0 amide bonds. The highest BCUT2D eigenvalue weighted by molar-refractivity contribution is 5.93. The van der Waals surface area contributed by atoms with E-state index in [0.29, 0.717) is 12.2 Å². The average Bonchev–Trinajstić information content (AvgIpc) is 3.24. The summed E-state index contributed by atoms with van der Waals surface area (Å²) >= 11 is 0. The Bertz CT molecular complexity index is 660. The predicted molar refractivity (Wildman–Crippen MR) is 88.8 cm³/mol. The van der Waals surface area contributed by atoms with E-state index in [1.165, 1.54) is 0 Å². The molecule has 124 valence electrons. The van der Waals surface area contributed by atoms with Gasteiger partial charge in [-0.05, 0) is 50.6 Å². The van der Waals surface area contributed by atoms with Crippen LogP contribution in [-0.4, -0.2) is 38.5 Å². The highest BCUT2D eigenvalue weighted by Gasteiger charge is 2.13. The Balaban J connectivity index is 0.000000229. The Morgan fingerprint density at radius 1 is 1.48 bits per heavy atom. The lowest BCUT2D eigenvalue weighted by atomic mass is 10.2. The van der Waals surface area contributed by atoms with Crippen LogP contribution >= 0.6 is 0 Å². The molecule has 1 atom stereocenters. The van der Waals surface area contributed by atoms with Gasteiger partial charge in [0.15, 0.2) is 0 Å². The Morgan fingerprint density at radius 3 is 2.87 bits per heavy atom. The second-order valence-electron chi connectivity index (χ2n) is 5.17. The zero-order valence-electron chi connectivity index (χ0n) is 13.4. The lowest BCUT2D eigenvalue weighted by molar-refractivity contribution is -0.109. The van der Waals surface area contributed by atoms with Crippen LogP contribution in [0.2, 0.25) is 0 Å². The summed E-state index contributed by atoms with van der Waals surface area (Å²) < 4.78 is 10.2. The summed E-state index contributed by atoms with van der Waals surface area (Å²) in [5.41, 5.74) is 1.66. The summed E-state index contributed by atoms with van der Waals surface area (Å²) in [6, 6.07) is 7.49. The monoisotopic (exact) mass is 318 g/mol. The van der Waals surface area contributed by atoms with Crippen LogP contribution in [-0.2, 0) is 9.53 Å². The Morgan fingerprint density at radius 2 is 2.30 bits per heavy atom. The number of rotatable bonds is 4. The van der Waals surface area contributed by atoms with E-state index in [9.17, 15) is 9.59 Å². The Kier molecular flexibility index (Phi) is 6.17. The van der Waals surface area contributed by atoms with Gasteiger partial charge in [0, 0.05) is 18.1 Å². The molecule has 1 fully saturated rings. The highest BCUT2D eigenvalue weighted by Crippen LogP contribution is 2.23. The zero-order chi connectivity index (χ0) is 16.7. The number of hydrogen-bond acceptors (Lipinski definition) is 6. The van der Waals surface area contributed by atoms with Crippen LogP contribution < -0.4 is 10.6 Å². The Hall–Kier alpha value is -2.34. The summed E-state index contributed by atoms with van der Waals surface area (Å²) in [7, 11) is 1.84. The molecule has 6 nitrogen and oxygen atoms in total. The van der Waals surface area contributed by atoms with Crippen molar-refractivity contribution in [3.05, 3.63) is 30.0 Å². The molecule has 1 unspecified atom stereocenters. The molecule has 1 aliphatic heterocycles. The van der Waals surface area contributed by atoms with E-state index in [0.717, 1.165) is 36.7 Å². The van der Waals surface area contributed by atoms with E-state index in [2.05, 4.69) is 10.6 Å². The highest BCUT2D eigenvalue weighted by atomic mass is 16.5. The SMILES string of the molecule is CCOC(=O)c1cc2cc(NC)ccc2o1.O=CC1CCCN1. The maximum Gasteiger partial charge on any atom is 0.374 e. The molecule has 2 N–H and O–H groups in total. The fraction of sp³-hybridized carbons (Fsp3) is 0.412. The second-order valence-corrected chi connectivity index (χ2v) is 5.17. The van der Waals surface area contributed by atoms with E-state index < -0.39 is 5.97 Å². The third kappa shape index (κ3) is 4.56. The van der Waals surface area contributed by atoms with Crippen LogP contribution in [0.5, 0.6) is 0 Å². The van der Waals surface area contributed by atoms with Gasteiger partial charge in [-0.3, -0.25) is 0 Å². The van der Waals surface area contributed by atoms with Crippen molar-refractivity contribution in [2.45, 2.75) is 25.8 Å². The number of anilines is 1. The number of carbonyl (C=O) groups is 2. The van der Waals surface area contributed by atoms with Crippen LogP contribution in [0.4, 0.5) is 5.69 Å². The van der Waals surface area contributed by atoms with Crippen molar-refractivity contribution in [1.82, 2.24) is 5.32 Å². The Labute approximate surface area is 135 Å². The molecule has 1 aromatic heterocycles. The predicted octanol–water partition coefficient (Wildman–Crippen LogP) is 2.59. The van der Waals surface area contributed by atoms with Gasteiger partial charge < -0.3 is 24.6 Å². The number of nitrogens with one attached hydrogen (secondary N) is 2. The number of carbonyl (C=O) groups excluding carboxylic acids is 2. The molecule has 0 saturated carbocycles. The molecule has 6 heteroatoms. The normalized spacial score (nSPS) is 16.5. The average molecular weight is 318 g/mol. The van der Waals surface area contributed by atoms with Crippen molar-refractivity contribution in [2.75, 3.05) is 25.5 Å². The third-order valence-electron chi connectivity index (χ3n) is 3.54. The van der Waals surface area contributed by atoms with Gasteiger partial charge in [-0.15, -0.1) is 0 Å². The van der Waals surface area contributed by atoms with Crippen LogP contribution in [0.1, 0.15) is 30.3 Å². The molecule has 0 aliphatic carbocycles. The molecule has 1 saturated heterocycles. The molecular formula is C17H22N2O4. The lowest BCUT2D eigenvalue weighted by Crippen LogP contribution is -2.21. The summed E-state index contributed by atoms with van der Waals surface area (Å²) in [6.45, 7) is 3.13. The topological polar surface area (TPSA) is 80.6 Å². The fourth-order valence-electron chi connectivity index (χ4n) is 2.33. The van der Waals surface area contributed by atoms with Gasteiger partial charge in [0.05, 0.1) is 12.6 Å². The van der Waals surface area contributed by atoms with Crippen LogP contribution in [0.3, 0.4) is 0 Å². The van der Waals surface area contributed by atoms with E-state index >= 15 is 0 Å². The molecule has 2 heterocycles. The van der Waals surface area contributed by atoms with Crippen molar-refractivity contribution in [1.29, 1.82) is 0 Å². The van der Waals surface area contributed by atoms with Crippen molar-refractivity contribution in [2.24, 2.45) is 0 Å². The lowest BCUT2D eigenvalue weighted by Gasteiger charge is -1.97. The van der Waals surface area contributed by atoms with E-state index in [1.807, 2.05) is 25.2 Å². The van der Waals surface area contributed by atoms with Gasteiger partial charge in [0.25, 0.3) is 0 Å². The van der Waals surface area contributed by atoms with Gasteiger partial charge in [0.1, 0.15) is 11.9 Å². The van der Waals surface area contributed by atoms with Crippen molar-refractivity contribution in [3.8, 4) is 0 Å². The number of benzene rings is 1. The van der Waals surface area contributed by atoms with E-state index in [4.69, 9.17) is 9.15 Å². The van der Waals surface area contributed by atoms with Gasteiger partial charge in [-0.2, -0.15) is 0 Å². The molecule has 0 bridgehead atoms. The van der Waals surface area contributed by atoms with Gasteiger partial charge >= 0.3 is 5.97 Å². The summed E-state index contributed by atoms with van der Waals surface area (Å²) in [5.74, 6) is -0.185. The molecule has 23 heavy (non-hydrogen) atoms. The quantitative estimate of drug-likeness (QED) is 0.666. The number of esters is 1. The van der Waals surface area contributed by atoms with Crippen molar-refractivity contribution < 1.29 is 18.7 Å². The van der Waals surface area contributed by atoms with Gasteiger partial charge in [0.2, 0.25) is 5.76 Å². The molecule has 2 aromatic rings. The smallest absolute Gasteiger partial charge is 0.374 e. The standard InChI is InChI=1S/C12H13NO3.C5H9NO/c1-3-15-12(14)11-7-8-6-9(13-2)4-5-10(8)16-11;7-4-5-2-1-3-6-5/h4-7,13H,3H2,1-2H3;4-6H,1-3H2. The minimum atomic E-state index is -0.426. The first-order chi connectivity index (χ1) is 11.2. The number of ether oxygens (including phenoxy) is 1. The van der Waals surface area contributed by atoms with Crippen molar-refractivity contribution in [3.63, 3.8) is 0 Å². The molecule has 0 spiro atoms. The number of furan rings is 1. The minimum Gasteiger partial charge on any atom is -0.460 e.